The number of imidazole rings is 2. The standard InChI is InChI=1S/C23H30FN10O8PS/c1-23(15(36)13(39-2)20(42-23)33-7-29-11-16(25)27-6-28-17(11)33)5-40-43(38,44)14-10(24)9(3-4-35)41-21(14)34-8-30-12-18(34)31-22(26)32-19(12)37/h6-10,13-15,20-21,35-36H,3-5H2,1-2H3,(H,38,44)(H2,25,27,28)(H3,26,31,32,37)/t9-,10+,13-,14-,15+,20-,21-,23?,43?/m1/s1. The van der Waals surface area contributed by atoms with Crippen molar-refractivity contribution >= 4 is 52.4 Å². The number of nitrogens with zero attached hydrogens (tertiary/aromatic N) is 7. The first-order valence-corrected chi connectivity index (χ1v) is 16.1. The molecule has 2 saturated heterocycles. The number of aromatic amines is 1. The summed E-state index contributed by atoms with van der Waals surface area (Å²) >= 11 is 5.51. The number of fused-ring (bicyclic) bond motifs is 2. The molecule has 4 aromatic rings. The van der Waals surface area contributed by atoms with Crippen LogP contribution in [0.2, 0.25) is 0 Å². The molecule has 0 radical (unpaired) electrons. The van der Waals surface area contributed by atoms with Crippen LogP contribution in [-0.4, -0.2) is 110 Å². The summed E-state index contributed by atoms with van der Waals surface area (Å²) in [5, 5.41) is 20.8. The summed E-state index contributed by atoms with van der Waals surface area (Å²) in [6.07, 6.45) is -3.90. The molecule has 0 aromatic carbocycles. The summed E-state index contributed by atoms with van der Waals surface area (Å²) in [4.78, 5) is 46.8. The van der Waals surface area contributed by atoms with Crippen LogP contribution in [0.4, 0.5) is 16.2 Å². The summed E-state index contributed by atoms with van der Waals surface area (Å²) in [7, 11) is 1.38. The number of hydrogen-bond acceptors (Lipinski definition) is 15. The molecular weight excluding hydrogens is 626 g/mol. The molecule has 0 bridgehead atoms. The summed E-state index contributed by atoms with van der Waals surface area (Å²) < 4.78 is 42.3. The Balaban J connectivity index is 1.29. The summed E-state index contributed by atoms with van der Waals surface area (Å²) in [6, 6.07) is 0. The Bertz CT molecular complexity index is 1810. The summed E-state index contributed by atoms with van der Waals surface area (Å²) in [5.41, 5.74) is 8.49. The molecule has 0 aliphatic carbocycles. The van der Waals surface area contributed by atoms with Gasteiger partial charge in [-0.2, -0.15) is 4.98 Å². The highest BCUT2D eigenvalue weighted by atomic mass is 32.5. The van der Waals surface area contributed by atoms with E-state index in [9.17, 15) is 19.9 Å². The minimum absolute atomic E-state index is 0.0302. The monoisotopic (exact) mass is 656 g/mol. The maximum absolute atomic E-state index is 16.0. The van der Waals surface area contributed by atoms with Gasteiger partial charge in [0.05, 0.1) is 25.4 Å². The van der Waals surface area contributed by atoms with Crippen LogP contribution in [0.25, 0.3) is 22.3 Å². The molecule has 238 valence electrons. The Morgan fingerprint density at radius 3 is 2.59 bits per heavy atom. The smallest absolute Gasteiger partial charge is 0.280 e. The number of halogens is 1. The van der Waals surface area contributed by atoms with E-state index in [0.717, 1.165) is 0 Å². The Kier molecular flexibility index (Phi) is 7.92. The van der Waals surface area contributed by atoms with Crippen LogP contribution in [0, 0.1) is 0 Å². The van der Waals surface area contributed by atoms with Gasteiger partial charge in [-0.05, 0) is 25.2 Å². The van der Waals surface area contributed by atoms with Crippen LogP contribution in [-0.2, 0) is 30.5 Å². The summed E-state index contributed by atoms with van der Waals surface area (Å²) in [5.74, 6) is -0.0698. The molecular formula is C23H30FN10O8PS. The highest BCUT2D eigenvalue weighted by Gasteiger charge is 2.57. The number of hydrogen-bond donors (Lipinski definition) is 6. The number of H-pyrrole nitrogens is 1. The number of anilines is 2. The van der Waals surface area contributed by atoms with E-state index in [2.05, 4.69) is 29.9 Å². The van der Waals surface area contributed by atoms with Crippen molar-refractivity contribution in [3.05, 3.63) is 29.3 Å². The predicted octanol–water partition coefficient (Wildman–Crippen LogP) is -0.908. The van der Waals surface area contributed by atoms with Crippen LogP contribution in [0.5, 0.6) is 0 Å². The topological polar surface area (TPSA) is 257 Å². The largest absolute Gasteiger partial charge is 0.396 e. The van der Waals surface area contributed by atoms with Crippen molar-refractivity contribution in [1.29, 1.82) is 0 Å². The van der Waals surface area contributed by atoms with Gasteiger partial charge < -0.3 is 45.3 Å². The fourth-order valence-corrected chi connectivity index (χ4v) is 8.15. The number of rotatable bonds is 9. The first-order valence-electron chi connectivity index (χ1n) is 13.3. The third kappa shape index (κ3) is 4.95. The third-order valence-electron chi connectivity index (χ3n) is 7.88. The molecule has 0 amide bonds. The van der Waals surface area contributed by atoms with E-state index in [0.29, 0.717) is 11.2 Å². The quantitative estimate of drug-likeness (QED) is 0.119. The molecule has 2 aliphatic heterocycles. The Labute approximate surface area is 252 Å². The van der Waals surface area contributed by atoms with Crippen molar-refractivity contribution in [2.24, 2.45) is 0 Å². The summed E-state index contributed by atoms with van der Waals surface area (Å²) in [6.45, 7) is -3.54. The highest BCUT2D eigenvalue weighted by Crippen LogP contribution is 2.59. The van der Waals surface area contributed by atoms with E-state index < -0.39 is 73.5 Å². The molecule has 0 spiro atoms. The minimum Gasteiger partial charge on any atom is -0.396 e. The number of aliphatic hydroxyl groups is 2. The van der Waals surface area contributed by atoms with Crippen LogP contribution < -0.4 is 17.0 Å². The highest BCUT2D eigenvalue weighted by molar-refractivity contribution is 8.09. The van der Waals surface area contributed by atoms with Crippen molar-refractivity contribution in [2.45, 2.75) is 61.5 Å². The van der Waals surface area contributed by atoms with Gasteiger partial charge in [0.25, 0.3) is 5.56 Å². The molecule has 6 rings (SSSR count). The first kappa shape index (κ1) is 30.8. The molecule has 9 atom stereocenters. The fourth-order valence-electron chi connectivity index (χ4n) is 5.63. The van der Waals surface area contributed by atoms with E-state index >= 15 is 4.39 Å². The van der Waals surface area contributed by atoms with E-state index in [1.807, 2.05) is 0 Å². The second kappa shape index (κ2) is 11.3. The van der Waals surface area contributed by atoms with Crippen molar-refractivity contribution in [1.82, 2.24) is 39.0 Å². The van der Waals surface area contributed by atoms with Gasteiger partial charge in [-0.3, -0.25) is 18.9 Å². The van der Waals surface area contributed by atoms with Crippen LogP contribution in [0.15, 0.2) is 23.8 Å². The number of ether oxygens (including phenoxy) is 3. The van der Waals surface area contributed by atoms with Gasteiger partial charge in [-0.25, -0.2) is 24.3 Å². The molecule has 2 fully saturated rings. The van der Waals surface area contributed by atoms with Crippen LogP contribution in [0.3, 0.4) is 0 Å². The Morgan fingerprint density at radius 1 is 1.18 bits per heavy atom. The molecule has 2 unspecified atom stereocenters. The van der Waals surface area contributed by atoms with Gasteiger partial charge in [-0.1, -0.05) is 0 Å². The van der Waals surface area contributed by atoms with E-state index in [-0.39, 0.29) is 29.4 Å². The van der Waals surface area contributed by atoms with Crippen LogP contribution in [0.1, 0.15) is 25.8 Å². The number of nitrogens with one attached hydrogen (secondary N) is 1. The van der Waals surface area contributed by atoms with Gasteiger partial charge in [0, 0.05) is 13.7 Å². The van der Waals surface area contributed by atoms with Crippen LogP contribution >= 0.6 is 6.49 Å². The molecule has 2 aliphatic rings. The molecule has 0 saturated carbocycles. The maximum atomic E-state index is 16.0. The first-order chi connectivity index (χ1) is 20.9. The van der Waals surface area contributed by atoms with Gasteiger partial charge in [-0.15, -0.1) is 0 Å². The second-order valence-electron chi connectivity index (χ2n) is 10.7. The molecule has 44 heavy (non-hydrogen) atoms. The lowest BCUT2D eigenvalue weighted by atomic mass is 9.98. The average Bonchev–Trinajstić information content (AvgIpc) is 3.72. The lowest BCUT2D eigenvalue weighted by molar-refractivity contribution is -0.111. The van der Waals surface area contributed by atoms with Gasteiger partial charge >= 0.3 is 0 Å². The normalized spacial score (nSPS) is 32.1. The minimum atomic E-state index is -4.16. The number of aliphatic hydroxyl groups excluding tert-OH is 2. The number of aromatic nitrogens is 8. The fraction of sp³-hybridized carbons (Fsp3) is 0.565. The van der Waals surface area contributed by atoms with Gasteiger partial charge in [0.15, 0.2) is 41.6 Å². The molecule has 8 N–H and O–H groups in total. The number of nitrogen functional groups attached to an aromatic ring is 2. The average molecular weight is 657 g/mol. The Morgan fingerprint density at radius 2 is 1.89 bits per heavy atom. The third-order valence-corrected chi connectivity index (χ3v) is 10.7. The van der Waals surface area contributed by atoms with E-state index in [4.69, 9.17) is 42.0 Å². The molecule has 21 heteroatoms. The SMILES string of the molecule is CO[C@H]1[C@H](n2cnc3c(N)ncnc32)OC(C)(COP(O)(=S)[C@@H]2[C@@H](F)[C@@H](CCO)O[C@H]2n2cnc3c(=O)[nH]c(N)nc32)[C@H]1O. The molecule has 18 nitrogen and oxygen atoms in total. The lowest BCUT2D eigenvalue weighted by Gasteiger charge is -2.33. The van der Waals surface area contributed by atoms with E-state index in [1.54, 1.807) is 0 Å². The number of methoxy groups -OCH3 is 1. The molecule has 4 aromatic heterocycles. The molecule has 6 heterocycles. The lowest BCUT2D eigenvalue weighted by Crippen LogP contribution is -2.45. The number of nitrogens with two attached hydrogens (primary N) is 2. The van der Waals surface area contributed by atoms with E-state index in [1.165, 1.54) is 42.1 Å². The second-order valence-corrected chi connectivity index (χ2v) is 14.2. The van der Waals surface area contributed by atoms with Gasteiger partial charge in [0.1, 0.15) is 41.5 Å². The zero-order chi connectivity index (χ0) is 31.6. The zero-order valence-electron chi connectivity index (χ0n) is 23.3. The van der Waals surface area contributed by atoms with Crippen molar-refractivity contribution in [3.63, 3.8) is 0 Å². The zero-order valence-corrected chi connectivity index (χ0v) is 25.0. The van der Waals surface area contributed by atoms with Crippen molar-refractivity contribution in [3.8, 4) is 0 Å². The number of alkyl halides is 1. The Hall–Kier alpha value is -3.20. The maximum Gasteiger partial charge on any atom is 0.280 e. The van der Waals surface area contributed by atoms with Crippen molar-refractivity contribution in [2.75, 3.05) is 31.8 Å². The van der Waals surface area contributed by atoms with Gasteiger partial charge in [0.2, 0.25) is 5.95 Å². The van der Waals surface area contributed by atoms with Crippen molar-refractivity contribution < 1.29 is 38.2 Å². The predicted molar refractivity (Wildman–Crippen MR) is 154 cm³/mol.